The average molecular weight is 310 g/mol. The highest BCUT2D eigenvalue weighted by molar-refractivity contribution is 5.87. The van der Waals surface area contributed by atoms with Gasteiger partial charge in [0.2, 0.25) is 5.91 Å². The topological polar surface area (TPSA) is 23.6 Å². The molecule has 23 heavy (non-hydrogen) atoms. The van der Waals surface area contributed by atoms with E-state index in [-0.39, 0.29) is 11.8 Å². The Morgan fingerprint density at radius 1 is 1.13 bits per heavy atom. The number of amides is 1. The first kappa shape index (κ1) is 16.0. The summed E-state index contributed by atoms with van der Waals surface area (Å²) in [5.74, 6) is 0.155. The molecule has 0 saturated carbocycles. The van der Waals surface area contributed by atoms with Gasteiger partial charge in [-0.3, -0.25) is 4.79 Å². The molecular formula is C20H26N2O. The van der Waals surface area contributed by atoms with Crippen molar-refractivity contribution in [2.24, 2.45) is 0 Å². The maximum absolute atomic E-state index is 13.2. The number of hydrogen-bond acceptors (Lipinski definition) is 2. The molecule has 1 aromatic carbocycles. The Hall–Kier alpha value is -1.87. The molecule has 1 aliphatic heterocycles. The average Bonchev–Trinajstić information content (AvgIpc) is 2.64. The fraction of sp³-hybridized carbons (Fsp3) is 0.450. The molecule has 1 saturated heterocycles. The van der Waals surface area contributed by atoms with Crippen LogP contribution >= 0.6 is 0 Å². The Balaban J connectivity index is 1.82. The van der Waals surface area contributed by atoms with Gasteiger partial charge in [0.15, 0.2) is 0 Å². The molecule has 2 aliphatic rings. The van der Waals surface area contributed by atoms with E-state index >= 15 is 0 Å². The molecule has 1 amide bonds. The van der Waals surface area contributed by atoms with Crippen LogP contribution < -0.4 is 0 Å². The van der Waals surface area contributed by atoms with Crippen molar-refractivity contribution < 1.29 is 4.79 Å². The molecule has 0 spiro atoms. The normalized spacial score (nSPS) is 20.2. The zero-order chi connectivity index (χ0) is 16.1. The highest BCUT2D eigenvalue weighted by Crippen LogP contribution is 2.32. The summed E-state index contributed by atoms with van der Waals surface area (Å²) in [6.07, 6.45) is 8.43. The number of piperazine rings is 1. The smallest absolute Gasteiger partial charge is 0.234 e. The lowest BCUT2D eigenvalue weighted by molar-refractivity contribution is -0.133. The first-order valence-corrected chi connectivity index (χ1v) is 8.71. The molecular weight excluding hydrogens is 284 g/mol. The number of allylic oxidation sites excluding steroid dienone is 3. The predicted octanol–water partition coefficient (Wildman–Crippen LogP) is 3.21. The number of carbonyl (C=O) groups excluding carboxylic acids is 1. The van der Waals surface area contributed by atoms with Crippen molar-refractivity contribution in [2.75, 3.05) is 32.7 Å². The maximum Gasteiger partial charge on any atom is 0.234 e. The van der Waals surface area contributed by atoms with Gasteiger partial charge in [-0.15, -0.1) is 0 Å². The molecule has 0 N–H and O–H groups in total. The highest BCUT2D eigenvalue weighted by atomic mass is 16.2. The standard InChI is InChI=1S/C20H26N2O/c1-2-21-13-15-22(16-14-21)20(23)19(17-9-5-3-6-10-17)18-11-7-4-8-12-18/h3-7,9-11,19H,2,8,12-16H2,1H3. The van der Waals surface area contributed by atoms with E-state index in [9.17, 15) is 4.79 Å². The molecule has 1 heterocycles. The monoisotopic (exact) mass is 310 g/mol. The number of benzene rings is 1. The zero-order valence-electron chi connectivity index (χ0n) is 13.9. The summed E-state index contributed by atoms with van der Waals surface area (Å²) in [4.78, 5) is 17.7. The number of carbonyl (C=O) groups is 1. The van der Waals surface area contributed by atoms with Crippen molar-refractivity contribution >= 4 is 5.91 Å². The lowest BCUT2D eigenvalue weighted by Gasteiger charge is -2.36. The van der Waals surface area contributed by atoms with Crippen molar-refractivity contribution in [3.8, 4) is 0 Å². The fourth-order valence-corrected chi connectivity index (χ4v) is 3.49. The number of rotatable bonds is 4. The molecule has 1 aromatic rings. The van der Waals surface area contributed by atoms with Gasteiger partial charge in [0.1, 0.15) is 0 Å². The molecule has 1 unspecified atom stereocenters. The maximum atomic E-state index is 13.2. The number of likely N-dealkylation sites (N-methyl/N-ethyl adjacent to an activating group) is 1. The summed E-state index contributed by atoms with van der Waals surface area (Å²) in [5.41, 5.74) is 2.37. The van der Waals surface area contributed by atoms with E-state index in [4.69, 9.17) is 0 Å². The second-order valence-electron chi connectivity index (χ2n) is 6.31. The molecule has 0 radical (unpaired) electrons. The van der Waals surface area contributed by atoms with Crippen LogP contribution in [-0.4, -0.2) is 48.4 Å². The minimum Gasteiger partial charge on any atom is -0.339 e. The van der Waals surface area contributed by atoms with E-state index in [2.05, 4.69) is 47.1 Å². The van der Waals surface area contributed by atoms with E-state index in [1.54, 1.807) is 0 Å². The van der Waals surface area contributed by atoms with E-state index in [1.165, 1.54) is 5.57 Å². The lowest BCUT2D eigenvalue weighted by Crippen LogP contribution is -2.50. The van der Waals surface area contributed by atoms with Crippen molar-refractivity contribution in [1.82, 2.24) is 9.80 Å². The van der Waals surface area contributed by atoms with Gasteiger partial charge in [-0.2, -0.15) is 0 Å². The first-order chi connectivity index (χ1) is 11.3. The molecule has 0 bridgehead atoms. The summed E-state index contributed by atoms with van der Waals surface area (Å²) in [7, 11) is 0. The Labute approximate surface area is 139 Å². The van der Waals surface area contributed by atoms with Crippen LogP contribution in [0.5, 0.6) is 0 Å². The van der Waals surface area contributed by atoms with Crippen LogP contribution in [0.25, 0.3) is 0 Å². The second kappa shape index (κ2) is 7.60. The Bertz CT molecular complexity index is 583. The fourth-order valence-electron chi connectivity index (χ4n) is 3.49. The summed E-state index contributed by atoms with van der Waals surface area (Å²) in [6.45, 7) is 6.92. The highest BCUT2D eigenvalue weighted by Gasteiger charge is 2.30. The van der Waals surface area contributed by atoms with Crippen LogP contribution in [0.2, 0.25) is 0 Å². The van der Waals surface area contributed by atoms with Gasteiger partial charge >= 0.3 is 0 Å². The first-order valence-electron chi connectivity index (χ1n) is 8.71. The number of nitrogens with zero attached hydrogens (tertiary/aromatic N) is 2. The second-order valence-corrected chi connectivity index (χ2v) is 6.31. The van der Waals surface area contributed by atoms with Gasteiger partial charge in [0, 0.05) is 26.2 Å². The van der Waals surface area contributed by atoms with Gasteiger partial charge in [-0.1, -0.05) is 61.1 Å². The van der Waals surface area contributed by atoms with Crippen LogP contribution in [0.3, 0.4) is 0 Å². The third kappa shape index (κ3) is 3.73. The van der Waals surface area contributed by atoms with E-state index < -0.39 is 0 Å². The molecule has 122 valence electrons. The zero-order valence-corrected chi connectivity index (χ0v) is 13.9. The van der Waals surface area contributed by atoms with Gasteiger partial charge in [0.05, 0.1) is 5.92 Å². The largest absolute Gasteiger partial charge is 0.339 e. The van der Waals surface area contributed by atoms with Crippen LogP contribution in [0.4, 0.5) is 0 Å². The molecule has 1 atom stereocenters. The molecule has 3 nitrogen and oxygen atoms in total. The SMILES string of the molecule is CCN1CCN(C(=O)C(C2=CC=CCC2)c2ccccc2)CC1. The Morgan fingerprint density at radius 2 is 1.87 bits per heavy atom. The van der Waals surface area contributed by atoms with Gasteiger partial charge in [0.25, 0.3) is 0 Å². The van der Waals surface area contributed by atoms with Gasteiger partial charge in [-0.25, -0.2) is 0 Å². The van der Waals surface area contributed by atoms with Crippen molar-refractivity contribution in [1.29, 1.82) is 0 Å². The van der Waals surface area contributed by atoms with Crippen LogP contribution in [0, 0.1) is 0 Å². The summed E-state index contributed by atoms with van der Waals surface area (Å²) in [6, 6.07) is 10.3. The quantitative estimate of drug-likeness (QED) is 0.852. The third-order valence-electron chi connectivity index (χ3n) is 4.93. The Morgan fingerprint density at radius 3 is 2.48 bits per heavy atom. The summed E-state index contributed by atoms with van der Waals surface area (Å²) >= 11 is 0. The van der Waals surface area contributed by atoms with Crippen molar-refractivity contribution in [3.05, 3.63) is 59.7 Å². The minimum absolute atomic E-state index is 0.116. The molecule has 0 aromatic heterocycles. The lowest BCUT2D eigenvalue weighted by atomic mass is 9.85. The number of hydrogen-bond donors (Lipinski definition) is 0. The Kier molecular flexibility index (Phi) is 5.29. The predicted molar refractivity (Wildman–Crippen MR) is 94.3 cm³/mol. The molecule has 1 fully saturated rings. The van der Waals surface area contributed by atoms with E-state index in [0.29, 0.717) is 0 Å². The molecule has 1 aliphatic carbocycles. The van der Waals surface area contributed by atoms with Crippen molar-refractivity contribution in [3.63, 3.8) is 0 Å². The minimum atomic E-state index is -0.116. The third-order valence-corrected chi connectivity index (χ3v) is 4.93. The van der Waals surface area contributed by atoms with Crippen molar-refractivity contribution in [2.45, 2.75) is 25.7 Å². The van der Waals surface area contributed by atoms with Gasteiger partial charge in [-0.05, 0) is 24.9 Å². The van der Waals surface area contributed by atoms with Gasteiger partial charge < -0.3 is 9.80 Å². The summed E-state index contributed by atoms with van der Waals surface area (Å²) < 4.78 is 0. The summed E-state index contributed by atoms with van der Waals surface area (Å²) in [5, 5.41) is 0. The van der Waals surface area contributed by atoms with Crippen LogP contribution in [0.15, 0.2) is 54.1 Å². The molecule has 3 heteroatoms. The van der Waals surface area contributed by atoms with E-state index in [1.807, 2.05) is 18.2 Å². The van der Waals surface area contributed by atoms with Crippen LogP contribution in [0.1, 0.15) is 31.2 Å². The van der Waals surface area contributed by atoms with E-state index in [0.717, 1.165) is 51.1 Å². The van der Waals surface area contributed by atoms with Crippen LogP contribution in [-0.2, 0) is 4.79 Å². The molecule has 3 rings (SSSR count).